The molecule has 0 saturated heterocycles. The standard InChI is InChI=1S/C16H15FN2S.ClH/c1-2-9-19(13-5-7-18-8-6-13)15-11-20-16-10-12(17)3-4-14(15)16;/h3-8,10-11H,2,9H2,1H3;1H. The van der Waals surface area contributed by atoms with Gasteiger partial charge in [-0.2, -0.15) is 0 Å². The molecule has 0 atom stereocenters. The Morgan fingerprint density at radius 3 is 2.67 bits per heavy atom. The normalized spacial score (nSPS) is 10.4. The van der Waals surface area contributed by atoms with Gasteiger partial charge in [-0.1, -0.05) is 6.92 Å². The summed E-state index contributed by atoms with van der Waals surface area (Å²) in [4.78, 5) is 6.33. The zero-order valence-corrected chi connectivity index (χ0v) is 13.3. The highest BCUT2D eigenvalue weighted by atomic mass is 35.5. The van der Waals surface area contributed by atoms with Gasteiger partial charge >= 0.3 is 0 Å². The highest BCUT2D eigenvalue weighted by molar-refractivity contribution is 7.17. The number of anilines is 2. The molecule has 0 fully saturated rings. The Morgan fingerprint density at radius 2 is 1.95 bits per heavy atom. The largest absolute Gasteiger partial charge is 0.340 e. The van der Waals surface area contributed by atoms with Gasteiger partial charge in [0.1, 0.15) is 5.82 Å². The summed E-state index contributed by atoms with van der Waals surface area (Å²) >= 11 is 1.58. The first kappa shape index (κ1) is 15.7. The van der Waals surface area contributed by atoms with E-state index in [4.69, 9.17) is 0 Å². The summed E-state index contributed by atoms with van der Waals surface area (Å²) in [5, 5.41) is 3.20. The summed E-state index contributed by atoms with van der Waals surface area (Å²) < 4.78 is 14.3. The summed E-state index contributed by atoms with van der Waals surface area (Å²) in [6, 6.07) is 8.99. The van der Waals surface area contributed by atoms with E-state index in [1.165, 1.54) is 6.07 Å². The van der Waals surface area contributed by atoms with E-state index in [9.17, 15) is 4.39 Å². The van der Waals surface area contributed by atoms with E-state index < -0.39 is 0 Å². The molecule has 0 spiro atoms. The number of rotatable bonds is 4. The first-order valence-corrected chi connectivity index (χ1v) is 7.52. The van der Waals surface area contributed by atoms with Crippen LogP contribution in [-0.2, 0) is 0 Å². The van der Waals surface area contributed by atoms with Crippen molar-refractivity contribution >= 4 is 45.2 Å². The number of thiophene rings is 1. The summed E-state index contributed by atoms with van der Waals surface area (Å²) in [5.74, 6) is -0.183. The molecule has 2 aromatic heterocycles. The van der Waals surface area contributed by atoms with Crippen molar-refractivity contribution in [3.8, 4) is 0 Å². The minimum atomic E-state index is -0.183. The molecule has 0 aliphatic heterocycles. The zero-order valence-electron chi connectivity index (χ0n) is 11.6. The lowest BCUT2D eigenvalue weighted by Crippen LogP contribution is -2.17. The second-order valence-corrected chi connectivity index (χ2v) is 5.53. The molecule has 2 nitrogen and oxygen atoms in total. The third-order valence-corrected chi connectivity index (χ3v) is 4.16. The van der Waals surface area contributed by atoms with Crippen molar-refractivity contribution in [3.63, 3.8) is 0 Å². The second kappa shape index (κ2) is 6.87. The fraction of sp³-hybridized carbons (Fsp3) is 0.188. The smallest absolute Gasteiger partial charge is 0.124 e. The average Bonchev–Trinajstić information content (AvgIpc) is 2.88. The van der Waals surface area contributed by atoms with Gasteiger partial charge < -0.3 is 4.90 Å². The predicted octanol–water partition coefficient (Wildman–Crippen LogP) is 5.41. The minimum absolute atomic E-state index is 0. The predicted molar refractivity (Wildman–Crippen MR) is 90.6 cm³/mol. The third kappa shape index (κ3) is 3.17. The van der Waals surface area contributed by atoms with Gasteiger partial charge in [0.25, 0.3) is 0 Å². The molecule has 0 N–H and O–H groups in total. The zero-order chi connectivity index (χ0) is 13.9. The molecule has 0 aliphatic carbocycles. The van der Waals surface area contributed by atoms with Crippen LogP contribution in [0.4, 0.5) is 15.8 Å². The van der Waals surface area contributed by atoms with Crippen molar-refractivity contribution in [3.05, 3.63) is 53.9 Å². The molecule has 0 saturated carbocycles. The molecule has 0 unspecified atom stereocenters. The maximum Gasteiger partial charge on any atom is 0.124 e. The topological polar surface area (TPSA) is 16.1 Å². The van der Waals surface area contributed by atoms with Crippen LogP contribution in [0.25, 0.3) is 10.1 Å². The maximum atomic E-state index is 13.3. The van der Waals surface area contributed by atoms with Crippen molar-refractivity contribution < 1.29 is 4.39 Å². The van der Waals surface area contributed by atoms with Crippen molar-refractivity contribution in [2.75, 3.05) is 11.4 Å². The number of nitrogens with zero attached hydrogens (tertiary/aromatic N) is 2. The summed E-state index contributed by atoms with van der Waals surface area (Å²) in [6.07, 6.45) is 4.64. The van der Waals surface area contributed by atoms with Crippen molar-refractivity contribution in [1.29, 1.82) is 0 Å². The quantitative estimate of drug-likeness (QED) is 0.639. The van der Waals surface area contributed by atoms with Gasteiger partial charge in [-0.3, -0.25) is 4.98 Å². The number of hydrogen-bond acceptors (Lipinski definition) is 3. The maximum absolute atomic E-state index is 13.3. The lowest BCUT2D eigenvalue weighted by Gasteiger charge is -2.23. The fourth-order valence-electron chi connectivity index (χ4n) is 2.33. The van der Waals surface area contributed by atoms with E-state index in [2.05, 4.69) is 22.2 Å². The molecule has 3 rings (SSSR count). The molecule has 21 heavy (non-hydrogen) atoms. The van der Waals surface area contributed by atoms with Crippen LogP contribution < -0.4 is 4.90 Å². The van der Waals surface area contributed by atoms with Gasteiger partial charge in [-0.05, 0) is 36.8 Å². The van der Waals surface area contributed by atoms with E-state index in [0.29, 0.717) is 0 Å². The van der Waals surface area contributed by atoms with Crippen LogP contribution in [0.15, 0.2) is 48.1 Å². The van der Waals surface area contributed by atoms with Gasteiger partial charge in [0.15, 0.2) is 0 Å². The molecular weight excluding hydrogens is 307 g/mol. The number of hydrogen-bond donors (Lipinski definition) is 0. The Morgan fingerprint density at radius 1 is 1.19 bits per heavy atom. The molecule has 0 amide bonds. The number of halogens is 2. The van der Waals surface area contributed by atoms with E-state index >= 15 is 0 Å². The molecule has 0 aliphatic rings. The van der Waals surface area contributed by atoms with Crippen LogP contribution in [0.5, 0.6) is 0 Å². The Kier molecular flexibility index (Phi) is 5.15. The Hall–Kier alpha value is -1.65. The van der Waals surface area contributed by atoms with E-state index in [1.807, 2.05) is 18.2 Å². The van der Waals surface area contributed by atoms with Crippen molar-refractivity contribution in [2.24, 2.45) is 0 Å². The third-order valence-electron chi connectivity index (χ3n) is 3.23. The monoisotopic (exact) mass is 322 g/mol. The molecule has 5 heteroatoms. The van der Waals surface area contributed by atoms with Crippen molar-refractivity contribution in [1.82, 2.24) is 4.98 Å². The first-order valence-electron chi connectivity index (χ1n) is 6.64. The summed E-state index contributed by atoms with van der Waals surface area (Å²) in [5.41, 5.74) is 2.25. The van der Waals surface area contributed by atoms with E-state index in [1.54, 1.807) is 29.8 Å². The molecule has 0 radical (unpaired) electrons. The summed E-state index contributed by atoms with van der Waals surface area (Å²) in [7, 11) is 0. The van der Waals surface area contributed by atoms with E-state index in [-0.39, 0.29) is 18.2 Å². The lowest BCUT2D eigenvalue weighted by molar-refractivity contribution is 0.630. The van der Waals surface area contributed by atoms with Crippen LogP contribution in [0.1, 0.15) is 13.3 Å². The number of fused-ring (bicyclic) bond motifs is 1. The molecule has 2 heterocycles. The lowest BCUT2D eigenvalue weighted by atomic mass is 10.2. The molecule has 3 aromatic rings. The number of aromatic nitrogens is 1. The van der Waals surface area contributed by atoms with Gasteiger partial charge in [0.05, 0.1) is 5.69 Å². The Labute approximate surface area is 133 Å². The van der Waals surface area contributed by atoms with Crippen molar-refractivity contribution in [2.45, 2.75) is 13.3 Å². The average molecular weight is 323 g/mol. The van der Waals surface area contributed by atoms with Gasteiger partial charge in [-0.25, -0.2) is 4.39 Å². The van der Waals surface area contributed by atoms with Crippen LogP contribution in [0.2, 0.25) is 0 Å². The van der Waals surface area contributed by atoms with Crippen LogP contribution in [-0.4, -0.2) is 11.5 Å². The highest BCUT2D eigenvalue weighted by Crippen LogP contribution is 2.37. The first-order chi connectivity index (χ1) is 9.79. The summed E-state index contributed by atoms with van der Waals surface area (Å²) in [6.45, 7) is 3.08. The molecule has 0 bridgehead atoms. The number of benzene rings is 1. The SMILES string of the molecule is CCCN(c1ccncc1)c1csc2cc(F)ccc12.Cl. The molecule has 110 valence electrons. The molecular formula is C16H16ClFN2S. The Bertz CT molecular complexity index is 715. The fourth-order valence-corrected chi connectivity index (χ4v) is 3.31. The van der Waals surface area contributed by atoms with Crippen LogP contribution in [0, 0.1) is 5.82 Å². The van der Waals surface area contributed by atoms with Gasteiger partial charge in [0.2, 0.25) is 0 Å². The Balaban J connectivity index is 0.00000161. The van der Waals surface area contributed by atoms with Crippen LogP contribution >= 0.6 is 23.7 Å². The second-order valence-electron chi connectivity index (χ2n) is 4.62. The van der Waals surface area contributed by atoms with Gasteiger partial charge in [0, 0.05) is 40.1 Å². The highest BCUT2D eigenvalue weighted by Gasteiger charge is 2.13. The van der Waals surface area contributed by atoms with Gasteiger partial charge in [-0.15, -0.1) is 23.7 Å². The minimum Gasteiger partial charge on any atom is -0.340 e. The molecule has 1 aromatic carbocycles. The van der Waals surface area contributed by atoms with Crippen LogP contribution in [0.3, 0.4) is 0 Å². The number of pyridine rings is 1. The van der Waals surface area contributed by atoms with E-state index in [0.717, 1.165) is 34.4 Å².